The van der Waals surface area contributed by atoms with Gasteiger partial charge in [-0.3, -0.25) is 9.59 Å². The van der Waals surface area contributed by atoms with Crippen LogP contribution in [-0.4, -0.2) is 59.4 Å². The van der Waals surface area contributed by atoms with Gasteiger partial charge in [0.05, 0.1) is 11.6 Å². The molecule has 1 unspecified atom stereocenters. The van der Waals surface area contributed by atoms with Crippen LogP contribution in [0, 0.1) is 0 Å². The van der Waals surface area contributed by atoms with Crippen LogP contribution in [0.25, 0.3) is 0 Å². The lowest BCUT2D eigenvalue weighted by Gasteiger charge is -2.25. The molecule has 0 saturated carbocycles. The molecule has 5 nitrogen and oxygen atoms in total. The Bertz CT molecular complexity index is 265. The quantitative estimate of drug-likeness (QED) is 0.763. The normalized spacial score (nSPS) is 16.9. The number of hydrogen-bond donors (Lipinski definition) is 1. The Kier molecular flexibility index (Phi) is 6.78. The Labute approximate surface area is 106 Å². The lowest BCUT2D eigenvalue weighted by Crippen LogP contribution is -2.45. The second kappa shape index (κ2) is 6.98. The van der Waals surface area contributed by atoms with Crippen LogP contribution in [0.3, 0.4) is 0 Å². The summed E-state index contributed by atoms with van der Waals surface area (Å²) in [5, 5.41) is 0. The maximum Gasteiger partial charge on any atom is 0.242 e. The summed E-state index contributed by atoms with van der Waals surface area (Å²) in [6.45, 7) is 2.50. The molecule has 7 heteroatoms. The molecule has 1 aliphatic rings. The highest BCUT2D eigenvalue weighted by molar-refractivity contribution is 8.00. The first kappa shape index (κ1) is 15.5. The van der Waals surface area contributed by atoms with Gasteiger partial charge >= 0.3 is 0 Å². The van der Waals surface area contributed by atoms with Crippen molar-refractivity contribution in [1.82, 2.24) is 9.80 Å². The fourth-order valence-electron chi connectivity index (χ4n) is 1.22. The van der Waals surface area contributed by atoms with Gasteiger partial charge in [-0.15, -0.1) is 24.2 Å². The predicted molar refractivity (Wildman–Crippen MR) is 67.6 cm³/mol. The van der Waals surface area contributed by atoms with Gasteiger partial charge < -0.3 is 15.5 Å². The molecule has 0 bridgehead atoms. The average molecular weight is 268 g/mol. The molecule has 0 radical (unpaired) electrons. The van der Waals surface area contributed by atoms with Crippen molar-refractivity contribution in [1.29, 1.82) is 0 Å². The fraction of sp³-hybridized carbons (Fsp3) is 0.778. The summed E-state index contributed by atoms with van der Waals surface area (Å²) in [6, 6.07) is 0.0165. The molecule has 1 fully saturated rings. The van der Waals surface area contributed by atoms with E-state index in [1.807, 2.05) is 6.92 Å². The van der Waals surface area contributed by atoms with E-state index in [2.05, 4.69) is 0 Å². The molecule has 0 aromatic carbocycles. The smallest absolute Gasteiger partial charge is 0.242 e. The van der Waals surface area contributed by atoms with Gasteiger partial charge in [0.2, 0.25) is 11.8 Å². The monoisotopic (exact) mass is 267 g/mol. The van der Waals surface area contributed by atoms with Gasteiger partial charge in [0.25, 0.3) is 0 Å². The third kappa shape index (κ3) is 3.84. The van der Waals surface area contributed by atoms with Gasteiger partial charge in [0, 0.05) is 19.6 Å². The molecule has 94 valence electrons. The van der Waals surface area contributed by atoms with E-state index in [1.165, 1.54) is 11.8 Å². The molecule has 0 aromatic rings. The van der Waals surface area contributed by atoms with Gasteiger partial charge in [-0.05, 0) is 6.92 Å². The van der Waals surface area contributed by atoms with Crippen LogP contribution in [0.1, 0.15) is 6.92 Å². The molecule has 2 N–H and O–H groups in total. The SMILES string of the molecule is CC(CN)N(C)C(=O)CN1CSCC1=O.Cl. The molecule has 1 rings (SSSR count). The highest BCUT2D eigenvalue weighted by atomic mass is 35.5. The van der Waals surface area contributed by atoms with E-state index in [4.69, 9.17) is 5.73 Å². The maximum atomic E-state index is 11.7. The van der Waals surface area contributed by atoms with Gasteiger partial charge in [-0.1, -0.05) is 0 Å². The second-order valence-electron chi connectivity index (χ2n) is 3.66. The van der Waals surface area contributed by atoms with E-state index >= 15 is 0 Å². The molecule has 1 aliphatic heterocycles. The molecule has 0 aliphatic carbocycles. The summed E-state index contributed by atoms with van der Waals surface area (Å²) >= 11 is 1.54. The number of thioether (sulfide) groups is 1. The van der Waals surface area contributed by atoms with Crippen LogP contribution >= 0.6 is 24.2 Å². The van der Waals surface area contributed by atoms with Gasteiger partial charge in [-0.25, -0.2) is 0 Å². The van der Waals surface area contributed by atoms with Crippen molar-refractivity contribution in [2.75, 3.05) is 31.8 Å². The van der Waals surface area contributed by atoms with Crippen LogP contribution in [-0.2, 0) is 9.59 Å². The van der Waals surface area contributed by atoms with Crippen LogP contribution in [0.15, 0.2) is 0 Å². The average Bonchev–Trinajstić information content (AvgIpc) is 2.62. The minimum atomic E-state index is -0.0520. The van der Waals surface area contributed by atoms with Gasteiger partial charge in [0.15, 0.2) is 0 Å². The molecule has 2 amide bonds. The predicted octanol–water partition coefficient (Wildman–Crippen LogP) is -0.253. The molecule has 0 spiro atoms. The van der Waals surface area contributed by atoms with Crippen LogP contribution < -0.4 is 5.73 Å². The summed E-state index contributed by atoms with van der Waals surface area (Å²) in [5.74, 6) is 1.10. The Morgan fingerprint density at radius 3 is 2.75 bits per heavy atom. The van der Waals surface area contributed by atoms with E-state index in [0.717, 1.165) is 0 Å². The Morgan fingerprint density at radius 2 is 2.31 bits per heavy atom. The zero-order valence-electron chi connectivity index (χ0n) is 9.51. The third-order valence-corrected chi connectivity index (χ3v) is 3.49. The number of nitrogens with zero attached hydrogens (tertiary/aromatic N) is 2. The largest absolute Gasteiger partial charge is 0.340 e. The Balaban J connectivity index is 0.00000225. The third-order valence-electron chi connectivity index (χ3n) is 2.55. The molecule has 0 aromatic heterocycles. The molecule has 1 heterocycles. The Hall–Kier alpha value is -0.460. The first-order valence-corrected chi connectivity index (χ1v) is 6.03. The van der Waals surface area contributed by atoms with Crippen molar-refractivity contribution < 1.29 is 9.59 Å². The lowest BCUT2D eigenvalue weighted by molar-refractivity contribution is -0.138. The highest BCUT2D eigenvalue weighted by Gasteiger charge is 2.25. The van der Waals surface area contributed by atoms with Crippen molar-refractivity contribution in [2.45, 2.75) is 13.0 Å². The molecular formula is C9H18ClN3O2S. The number of rotatable bonds is 4. The van der Waals surface area contributed by atoms with E-state index in [9.17, 15) is 9.59 Å². The first-order chi connectivity index (χ1) is 7.06. The number of nitrogens with two attached hydrogens (primary N) is 1. The summed E-state index contributed by atoms with van der Waals surface area (Å²) < 4.78 is 0. The van der Waals surface area contributed by atoms with E-state index < -0.39 is 0 Å². The standard InChI is InChI=1S/C9H17N3O2S.ClH/c1-7(3-10)11(2)8(13)4-12-6-15-5-9(12)14;/h7H,3-6,10H2,1-2H3;1H. The molecular weight excluding hydrogens is 250 g/mol. The van der Waals surface area contributed by atoms with Crippen molar-refractivity contribution in [2.24, 2.45) is 5.73 Å². The summed E-state index contributed by atoms with van der Waals surface area (Å²) in [6.07, 6.45) is 0. The number of hydrogen-bond acceptors (Lipinski definition) is 4. The number of amides is 2. The topological polar surface area (TPSA) is 66.6 Å². The number of halogens is 1. The minimum absolute atomic E-state index is 0. The van der Waals surface area contributed by atoms with Crippen molar-refractivity contribution >= 4 is 36.0 Å². The lowest BCUT2D eigenvalue weighted by atomic mass is 10.3. The number of likely N-dealkylation sites (N-methyl/N-ethyl adjacent to an activating group) is 1. The summed E-state index contributed by atoms with van der Waals surface area (Å²) in [4.78, 5) is 26.2. The minimum Gasteiger partial charge on any atom is -0.340 e. The fourth-order valence-corrected chi connectivity index (χ4v) is 2.12. The molecule has 16 heavy (non-hydrogen) atoms. The van der Waals surface area contributed by atoms with Gasteiger partial charge in [-0.2, -0.15) is 0 Å². The van der Waals surface area contributed by atoms with Crippen LogP contribution in [0.2, 0.25) is 0 Å². The maximum absolute atomic E-state index is 11.7. The van der Waals surface area contributed by atoms with Crippen LogP contribution in [0.4, 0.5) is 0 Å². The number of carbonyl (C=O) groups is 2. The summed E-state index contributed by atoms with van der Waals surface area (Å²) in [7, 11) is 1.72. The summed E-state index contributed by atoms with van der Waals surface area (Å²) in [5.41, 5.74) is 5.47. The zero-order valence-corrected chi connectivity index (χ0v) is 11.1. The van der Waals surface area contributed by atoms with Crippen molar-refractivity contribution in [3.8, 4) is 0 Å². The van der Waals surface area contributed by atoms with E-state index in [-0.39, 0.29) is 36.8 Å². The van der Waals surface area contributed by atoms with Crippen LogP contribution in [0.5, 0.6) is 0 Å². The highest BCUT2D eigenvalue weighted by Crippen LogP contribution is 2.14. The zero-order chi connectivity index (χ0) is 11.4. The molecule has 1 atom stereocenters. The van der Waals surface area contributed by atoms with E-state index in [1.54, 1.807) is 16.8 Å². The van der Waals surface area contributed by atoms with Gasteiger partial charge in [0.1, 0.15) is 6.54 Å². The second-order valence-corrected chi connectivity index (χ2v) is 4.61. The number of carbonyl (C=O) groups excluding carboxylic acids is 2. The first-order valence-electron chi connectivity index (χ1n) is 4.87. The van der Waals surface area contributed by atoms with E-state index in [0.29, 0.717) is 18.2 Å². The van der Waals surface area contributed by atoms with Crippen molar-refractivity contribution in [3.05, 3.63) is 0 Å². The van der Waals surface area contributed by atoms with Crippen molar-refractivity contribution in [3.63, 3.8) is 0 Å². The molecule has 1 saturated heterocycles. The Morgan fingerprint density at radius 1 is 1.69 bits per heavy atom.